The molecule has 1 amide bonds. The Labute approximate surface area is 116 Å². The van der Waals surface area contributed by atoms with Crippen LogP contribution in [0.5, 0.6) is 0 Å². The molecule has 20 heavy (non-hydrogen) atoms. The zero-order valence-corrected chi connectivity index (χ0v) is 11.1. The van der Waals surface area contributed by atoms with E-state index in [1.807, 2.05) is 19.1 Å². The van der Waals surface area contributed by atoms with Gasteiger partial charge in [0.25, 0.3) is 0 Å². The monoisotopic (exact) mass is 275 g/mol. The van der Waals surface area contributed by atoms with Crippen molar-refractivity contribution in [3.63, 3.8) is 0 Å². The molecule has 2 aliphatic rings. The van der Waals surface area contributed by atoms with Crippen molar-refractivity contribution >= 4 is 11.9 Å². The molecule has 3 rings (SSSR count). The fourth-order valence-electron chi connectivity index (χ4n) is 3.41. The summed E-state index contributed by atoms with van der Waals surface area (Å²) in [6.07, 6.45) is 8.00. The highest BCUT2D eigenvalue weighted by molar-refractivity contribution is 5.87. The van der Waals surface area contributed by atoms with E-state index < -0.39 is 17.8 Å². The lowest BCUT2D eigenvalue weighted by Gasteiger charge is -2.25. The van der Waals surface area contributed by atoms with Gasteiger partial charge in [-0.1, -0.05) is 12.2 Å². The summed E-state index contributed by atoms with van der Waals surface area (Å²) in [5.41, 5.74) is 0. The number of H-pyrrole nitrogens is 1. The molecular weight excluding hydrogens is 258 g/mol. The Morgan fingerprint density at radius 1 is 1.40 bits per heavy atom. The van der Waals surface area contributed by atoms with E-state index in [0.29, 0.717) is 5.82 Å². The van der Waals surface area contributed by atoms with Crippen LogP contribution in [0.1, 0.15) is 25.2 Å². The Kier molecular flexibility index (Phi) is 3.08. The molecule has 2 aliphatic carbocycles. The number of hydrogen-bond acceptors (Lipinski definition) is 3. The number of carbonyl (C=O) groups excluding carboxylic acids is 1. The van der Waals surface area contributed by atoms with Gasteiger partial charge in [0, 0.05) is 12.4 Å². The Balaban J connectivity index is 1.73. The molecule has 1 heterocycles. The van der Waals surface area contributed by atoms with Gasteiger partial charge in [0.2, 0.25) is 5.91 Å². The van der Waals surface area contributed by atoms with E-state index in [1.54, 1.807) is 12.4 Å². The summed E-state index contributed by atoms with van der Waals surface area (Å²) in [5.74, 6) is -1.44. The number of nitrogens with one attached hydrogen (secondary N) is 2. The molecule has 0 spiro atoms. The maximum absolute atomic E-state index is 12.4. The molecule has 0 saturated heterocycles. The summed E-state index contributed by atoms with van der Waals surface area (Å²) < 4.78 is 0. The Hall–Kier alpha value is -2.11. The molecule has 0 radical (unpaired) electrons. The molecule has 1 aromatic rings. The molecule has 0 aromatic carbocycles. The minimum Gasteiger partial charge on any atom is -0.481 e. The highest BCUT2D eigenvalue weighted by Crippen LogP contribution is 2.48. The van der Waals surface area contributed by atoms with Gasteiger partial charge in [-0.25, -0.2) is 4.98 Å². The minimum atomic E-state index is -0.882. The summed E-state index contributed by atoms with van der Waals surface area (Å²) in [6, 6.07) is -0.255. The average molecular weight is 275 g/mol. The molecule has 1 aromatic heterocycles. The van der Waals surface area contributed by atoms with Crippen molar-refractivity contribution in [2.45, 2.75) is 19.4 Å². The van der Waals surface area contributed by atoms with E-state index in [4.69, 9.17) is 0 Å². The normalized spacial score (nSPS) is 32.2. The van der Waals surface area contributed by atoms with Crippen molar-refractivity contribution in [1.82, 2.24) is 15.3 Å². The number of aromatic nitrogens is 2. The zero-order chi connectivity index (χ0) is 14.3. The number of nitrogens with zero attached hydrogens (tertiary/aromatic N) is 1. The third kappa shape index (κ3) is 2.01. The minimum absolute atomic E-state index is 0.00725. The van der Waals surface area contributed by atoms with Gasteiger partial charge < -0.3 is 15.4 Å². The fraction of sp³-hybridized carbons (Fsp3) is 0.500. The number of hydrogen-bond donors (Lipinski definition) is 3. The molecule has 0 aliphatic heterocycles. The van der Waals surface area contributed by atoms with Crippen LogP contribution in [-0.2, 0) is 9.59 Å². The first-order chi connectivity index (χ1) is 9.58. The van der Waals surface area contributed by atoms with Crippen LogP contribution in [0.25, 0.3) is 0 Å². The third-order valence-electron chi connectivity index (χ3n) is 4.34. The second kappa shape index (κ2) is 4.77. The SMILES string of the molecule is CC(NC(=O)C1C2C=CC(C2)C1C(=O)O)c1ncc[nH]1. The molecule has 5 atom stereocenters. The second-order valence-electron chi connectivity index (χ2n) is 5.54. The van der Waals surface area contributed by atoms with Gasteiger partial charge in [0.15, 0.2) is 0 Å². The summed E-state index contributed by atoms with van der Waals surface area (Å²) in [6.45, 7) is 1.83. The van der Waals surface area contributed by atoms with Gasteiger partial charge in [-0.3, -0.25) is 9.59 Å². The topological polar surface area (TPSA) is 95.1 Å². The fourth-order valence-corrected chi connectivity index (χ4v) is 3.41. The van der Waals surface area contributed by atoms with Crippen molar-refractivity contribution in [1.29, 1.82) is 0 Å². The van der Waals surface area contributed by atoms with Gasteiger partial charge in [-0.15, -0.1) is 0 Å². The van der Waals surface area contributed by atoms with Gasteiger partial charge >= 0.3 is 5.97 Å². The number of imidazole rings is 1. The van der Waals surface area contributed by atoms with Crippen LogP contribution < -0.4 is 5.32 Å². The highest BCUT2D eigenvalue weighted by Gasteiger charge is 2.51. The van der Waals surface area contributed by atoms with Crippen LogP contribution in [0, 0.1) is 23.7 Å². The number of allylic oxidation sites excluding steroid dienone is 2. The van der Waals surface area contributed by atoms with Crippen LogP contribution >= 0.6 is 0 Å². The first-order valence-corrected chi connectivity index (χ1v) is 6.78. The molecular formula is C14H17N3O3. The molecule has 3 N–H and O–H groups in total. The Morgan fingerprint density at radius 3 is 2.70 bits per heavy atom. The van der Waals surface area contributed by atoms with E-state index in [9.17, 15) is 14.7 Å². The van der Waals surface area contributed by atoms with Gasteiger partial charge in [-0.2, -0.15) is 0 Å². The highest BCUT2D eigenvalue weighted by atomic mass is 16.4. The second-order valence-corrected chi connectivity index (χ2v) is 5.54. The number of rotatable bonds is 4. The van der Waals surface area contributed by atoms with Crippen LogP contribution in [-0.4, -0.2) is 27.0 Å². The van der Waals surface area contributed by atoms with E-state index in [2.05, 4.69) is 15.3 Å². The van der Waals surface area contributed by atoms with Crippen LogP contribution in [0.4, 0.5) is 0 Å². The third-order valence-corrected chi connectivity index (χ3v) is 4.34. The predicted molar refractivity (Wildman–Crippen MR) is 70.5 cm³/mol. The van der Waals surface area contributed by atoms with Crippen LogP contribution in [0.2, 0.25) is 0 Å². The lowest BCUT2D eigenvalue weighted by atomic mass is 9.82. The quantitative estimate of drug-likeness (QED) is 0.717. The standard InChI is InChI=1S/C14H17N3O3/c1-7(12-15-4-5-16-12)17-13(18)10-8-2-3-9(6-8)11(10)14(19)20/h2-5,7-11H,6H2,1H3,(H,15,16)(H,17,18)(H,19,20). The molecule has 1 saturated carbocycles. The van der Waals surface area contributed by atoms with Gasteiger partial charge in [-0.05, 0) is 25.2 Å². The smallest absolute Gasteiger partial charge is 0.307 e. The van der Waals surface area contributed by atoms with Crippen molar-refractivity contribution in [3.05, 3.63) is 30.4 Å². The Bertz CT molecular complexity index is 552. The summed E-state index contributed by atoms with van der Waals surface area (Å²) in [5, 5.41) is 12.2. The van der Waals surface area contributed by atoms with Crippen molar-refractivity contribution in [2.75, 3.05) is 0 Å². The van der Waals surface area contributed by atoms with Gasteiger partial charge in [0.1, 0.15) is 5.82 Å². The van der Waals surface area contributed by atoms with Crippen molar-refractivity contribution < 1.29 is 14.7 Å². The molecule has 106 valence electrons. The number of aliphatic carboxylic acids is 1. The van der Waals surface area contributed by atoms with E-state index in [0.717, 1.165) is 6.42 Å². The number of fused-ring (bicyclic) bond motifs is 2. The molecule has 6 nitrogen and oxygen atoms in total. The summed E-state index contributed by atoms with van der Waals surface area (Å²) in [4.78, 5) is 30.8. The number of carboxylic acid groups (broad SMARTS) is 1. The summed E-state index contributed by atoms with van der Waals surface area (Å²) >= 11 is 0. The van der Waals surface area contributed by atoms with E-state index in [-0.39, 0.29) is 23.8 Å². The lowest BCUT2D eigenvalue weighted by Crippen LogP contribution is -2.41. The number of carbonyl (C=O) groups is 2. The maximum atomic E-state index is 12.4. The van der Waals surface area contributed by atoms with Crippen molar-refractivity contribution in [2.24, 2.45) is 23.7 Å². The molecule has 5 unspecified atom stereocenters. The molecule has 2 bridgehead atoms. The number of amides is 1. The first-order valence-electron chi connectivity index (χ1n) is 6.78. The molecule has 6 heteroatoms. The first kappa shape index (κ1) is 12.9. The van der Waals surface area contributed by atoms with Crippen molar-refractivity contribution in [3.8, 4) is 0 Å². The zero-order valence-electron chi connectivity index (χ0n) is 11.1. The largest absolute Gasteiger partial charge is 0.481 e. The number of carboxylic acids is 1. The lowest BCUT2D eigenvalue weighted by molar-refractivity contribution is -0.148. The Morgan fingerprint density at radius 2 is 2.10 bits per heavy atom. The van der Waals surface area contributed by atoms with Crippen LogP contribution in [0.15, 0.2) is 24.5 Å². The van der Waals surface area contributed by atoms with E-state index in [1.165, 1.54) is 0 Å². The van der Waals surface area contributed by atoms with Crippen LogP contribution in [0.3, 0.4) is 0 Å². The maximum Gasteiger partial charge on any atom is 0.307 e. The van der Waals surface area contributed by atoms with E-state index >= 15 is 0 Å². The average Bonchev–Trinajstić information content (AvgIpc) is 3.13. The predicted octanol–water partition coefficient (Wildman–Crippen LogP) is 1.11. The summed E-state index contributed by atoms with van der Waals surface area (Å²) in [7, 11) is 0. The van der Waals surface area contributed by atoms with Gasteiger partial charge in [0.05, 0.1) is 17.9 Å². The molecule has 1 fully saturated rings. The number of aromatic amines is 1.